The van der Waals surface area contributed by atoms with Crippen molar-refractivity contribution in [3.63, 3.8) is 0 Å². The normalized spacial score (nSPS) is 20.8. The van der Waals surface area contributed by atoms with Crippen LogP contribution in [0.25, 0.3) is 0 Å². The molecule has 2 N–H and O–H groups in total. The molecule has 0 aromatic heterocycles. The molecule has 1 aromatic carbocycles. The Morgan fingerprint density at radius 3 is 2.58 bits per heavy atom. The minimum Gasteiger partial charge on any atom is -0.493 e. The molecule has 0 amide bonds. The smallest absolute Gasteiger partial charge is 0.191 e. The summed E-state index contributed by atoms with van der Waals surface area (Å²) in [4.78, 5) is 4.34. The SMILES string of the molecule is CN=C(NCc1cc(OC)c(OC)cc1Br)NC1CCC(SC)C1. The summed E-state index contributed by atoms with van der Waals surface area (Å²) in [6.45, 7) is 0.652. The van der Waals surface area contributed by atoms with Crippen molar-refractivity contribution in [2.75, 3.05) is 27.5 Å². The molecule has 1 aliphatic rings. The number of nitrogens with one attached hydrogen (secondary N) is 2. The molecule has 2 atom stereocenters. The van der Waals surface area contributed by atoms with Gasteiger partial charge < -0.3 is 20.1 Å². The quantitative estimate of drug-likeness (QED) is 0.550. The number of aliphatic imine (C=N–C) groups is 1. The second-order valence-electron chi connectivity index (χ2n) is 5.74. The Morgan fingerprint density at radius 2 is 2.00 bits per heavy atom. The third-order valence-electron chi connectivity index (χ3n) is 4.28. The average Bonchev–Trinajstić information content (AvgIpc) is 3.06. The van der Waals surface area contributed by atoms with E-state index in [0.717, 1.165) is 27.0 Å². The third kappa shape index (κ3) is 4.96. The number of guanidine groups is 1. The first-order valence-electron chi connectivity index (χ1n) is 8.01. The predicted octanol–water partition coefficient (Wildman–Crippen LogP) is 3.42. The van der Waals surface area contributed by atoms with Crippen molar-refractivity contribution < 1.29 is 9.47 Å². The topological polar surface area (TPSA) is 54.9 Å². The van der Waals surface area contributed by atoms with Crippen LogP contribution in [0.2, 0.25) is 0 Å². The molecule has 1 saturated carbocycles. The van der Waals surface area contributed by atoms with Gasteiger partial charge in [0.05, 0.1) is 14.2 Å². The molecular formula is C17H26BrN3O2S. The van der Waals surface area contributed by atoms with Crippen LogP contribution < -0.4 is 20.1 Å². The van der Waals surface area contributed by atoms with Crippen LogP contribution in [0.1, 0.15) is 24.8 Å². The van der Waals surface area contributed by atoms with Crippen molar-refractivity contribution in [3.8, 4) is 11.5 Å². The monoisotopic (exact) mass is 415 g/mol. The van der Waals surface area contributed by atoms with Crippen LogP contribution in [-0.2, 0) is 6.54 Å². The molecule has 2 unspecified atom stereocenters. The number of ether oxygens (including phenoxy) is 2. The molecule has 7 heteroatoms. The summed E-state index contributed by atoms with van der Waals surface area (Å²) in [6, 6.07) is 4.40. The summed E-state index contributed by atoms with van der Waals surface area (Å²) in [5.41, 5.74) is 1.09. The largest absolute Gasteiger partial charge is 0.493 e. The molecular weight excluding hydrogens is 390 g/mol. The Kier molecular flexibility index (Phi) is 7.55. The third-order valence-corrected chi connectivity index (χ3v) is 6.11. The Labute approximate surface area is 157 Å². The molecule has 0 aliphatic heterocycles. The molecule has 0 saturated heterocycles. The Bertz CT molecular complexity index is 583. The van der Waals surface area contributed by atoms with Crippen molar-refractivity contribution in [2.45, 2.75) is 37.1 Å². The van der Waals surface area contributed by atoms with Gasteiger partial charge in [0.2, 0.25) is 0 Å². The fourth-order valence-corrected chi connectivity index (χ4v) is 4.14. The summed E-state index contributed by atoms with van der Waals surface area (Å²) < 4.78 is 11.7. The lowest BCUT2D eigenvalue weighted by Gasteiger charge is -2.18. The first kappa shape index (κ1) is 19.2. The summed E-state index contributed by atoms with van der Waals surface area (Å²) in [5.74, 6) is 2.27. The highest BCUT2D eigenvalue weighted by molar-refractivity contribution is 9.10. The minimum atomic E-state index is 0.502. The van der Waals surface area contributed by atoms with Gasteiger partial charge in [0, 0.05) is 29.4 Å². The second-order valence-corrected chi connectivity index (χ2v) is 7.73. The maximum absolute atomic E-state index is 5.37. The summed E-state index contributed by atoms with van der Waals surface area (Å²) in [5, 5.41) is 7.67. The molecule has 0 heterocycles. The maximum Gasteiger partial charge on any atom is 0.191 e. The van der Waals surface area contributed by atoms with Crippen molar-refractivity contribution in [1.29, 1.82) is 0 Å². The lowest BCUT2D eigenvalue weighted by Crippen LogP contribution is -2.42. The lowest BCUT2D eigenvalue weighted by molar-refractivity contribution is 0.354. The van der Waals surface area contributed by atoms with Crippen LogP contribution in [-0.4, -0.2) is 44.8 Å². The Hall–Kier alpha value is -1.08. The van der Waals surface area contributed by atoms with Crippen LogP contribution in [0.5, 0.6) is 11.5 Å². The Morgan fingerprint density at radius 1 is 1.29 bits per heavy atom. The number of methoxy groups -OCH3 is 2. The van der Waals surface area contributed by atoms with Crippen LogP contribution >= 0.6 is 27.7 Å². The molecule has 0 radical (unpaired) electrons. The van der Waals surface area contributed by atoms with Crippen LogP contribution in [0.3, 0.4) is 0 Å². The first-order valence-corrected chi connectivity index (χ1v) is 10.1. The van der Waals surface area contributed by atoms with E-state index in [1.807, 2.05) is 23.9 Å². The number of rotatable bonds is 6. The molecule has 1 aliphatic carbocycles. The van der Waals surface area contributed by atoms with Crippen LogP contribution in [0.4, 0.5) is 0 Å². The maximum atomic E-state index is 5.37. The number of hydrogen-bond acceptors (Lipinski definition) is 4. The highest BCUT2D eigenvalue weighted by Gasteiger charge is 2.24. The fraction of sp³-hybridized carbons (Fsp3) is 0.588. The molecule has 1 fully saturated rings. The van der Waals surface area contributed by atoms with Gasteiger partial charge in [-0.1, -0.05) is 15.9 Å². The highest BCUT2D eigenvalue weighted by Crippen LogP contribution is 2.33. The lowest BCUT2D eigenvalue weighted by atomic mass is 10.2. The van der Waals surface area contributed by atoms with E-state index in [4.69, 9.17) is 9.47 Å². The molecule has 0 bridgehead atoms. The van der Waals surface area contributed by atoms with Gasteiger partial charge in [0.25, 0.3) is 0 Å². The molecule has 1 aromatic rings. The summed E-state index contributed by atoms with van der Waals surface area (Å²) >= 11 is 5.55. The van der Waals surface area contributed by atoms with E-state index < -0.39 is 0 Å². The van der Waals surface area contributed by atoms with Crippen molar-refractivity contribution >= 4 is 33.7 Å². The number of halogens is 1. The van der Waals surface area contributed by atoms with E-state index in [1.54, 1.807) is 21.3 Å². The van der Waals surface area contributed by atoms with Gasteiger partial charge >= 0.3 is 0 Å². The fourth-order valence-electron chi connectivity index (χ4n) is 2.88. The number of thioether (sulfide) groups is 1. The molecule has 0 spiro atoms. The molecule has 24 heavy (non-hydrogen) atoms. The van der Waals surface area contributed by atoms with E-state index in [9.17, 15) is 0 Å². The number of hydrogen-bond donors (Lipinski definition) is 2. The predicted molar refractivity (Wildman–Crippen MR) is 106 cm³/mol. The highest BCUT2D eigenvalue weighted by atomic mass is 79.9. The zero-order chi connectivity index (χ0) is 17.5. The second kappa shape index (κ2) is 9.42. The average molecular weight is 416 g/mol. The molecule has 5 nitrogen and oxygen atoms in total. The van der Waals surface area contributed by atoms with E-state index in [2.05, 4.69) is 37.8 Å². The standard InChI is InChI=1S/C17H26BrN3O2S/c1-19-17(21-12-5-6-13(8-12)24-4)20-10-11-7-15(22-2)16(23-3)9-14(11)18/h7,9,12-13H,5-6,8,10H2,1-4H3,(H2,19,20,21). The van der Waals surface area contributed by atoms with Crippen LogP contribution in [0, 0.1) is 0 Å². The van der Waals surface area contributed by atoms with E-state index in [0.29, 0.717) is 18.3 Å². The van der Waals surface area contributed by atoms with Gasteiger partial charge in [-0.05, 0) is 43.2 Å². The van der Waals surface area contributed by atoms with Gasteiger partial charge in [-0.3, -0.25) is 4.99 Å². The number of benzene rings is 1. The van der Waals surface area contributed by atoms with E-state index >= 15 is 0 Å². The summed E-state index contributed by atoms with van der Waals surface area (Å²) in [7, 11) is 5.09. The van der Waals surface area contributed by atoms with Gasteiger partial charge in [0.1, 0.15) is 0 Å². The minimum absolute atomic E-state index is 0.502. The van der Waals surface area contributed by atoms with Gasteiger partial charge in [-0.15, -0.1) is 0 Å². The van der Waals surface area contributed by atoms with Crippen molar-refractivity contribution in [3.05, 3.63) is 22.2 Å². The zero-order valence-electron chi connectivity index (χ0n) is 14.7. The molecule has 2 rings (SSSR count). The van der Waals surface area contributed by atoms with Crippen molar-refractivity contribution in [1.82, 2.24) is 10.6 Å². The van der Waals surface area contributed by atoms with Gasteiger partial charge in [-0.25, -0.2) is 0 Å². The van der Waals surface area contributed by atoms with Crippen LogP contribution in [0.15, 0.2) is 21.6 Å². The van der Waals surface area contributed by atoms with E-state index in [1.165, 1.54) is 19.3 Å². The zero-order valence-corrected chi connectivity index (χ0v) is 17.1. The number of nitrogens with zero attached hydrogens (tertiary/aromatic N) is 1. The van der Waals surface area contributed by atoms with Gasteiger partial charge in [0.15, 0.2) is 17.5 Å². The van der Waals surface area contributed by atoms with Crippen molar-refractivity contribution in [2.24, 2.45) is 4.99 Å². The Balaban J connectivity index is 1.96. The van der Waals surface area contributed by atoms with Gasteiger partial charge in [-0.2, -0.15) is 11.8 Å². The molecule has 134 valence electrons. The van der Waals surface area contributed by atoms with E-state index in [-0.39, 0.29) is 0 Å². The first-order chi connectivity index (χ1) is 11.6. The summed E-state index contributed by atoms with van der Waals surface area (Å²) in [6.07, 6.45) is 5.86.